The van der Waals surface area contributed by atoms with E-state index in [1.165, 1.54) is 0 Å². The molecule has 0 radical (unpaired) electrons. The van der Waals surface area contributed by atoms with Gasteiger partial charge in [-0.2, -0.15) is 5.10 Å². The SMILES string of the molecule is CCC1CNCCC1(O)c1ccnn1CC. The van der Waals surface area contributed by atoms with Crippen molar-refractivity contribution in [2.45, 2.75) is 38.8 Å². The molecule has 1 aliphatic heterocycles. The van der Waals surface area contributed by atoms with Gasteiger partial charge in [0, 0.05) is 25.2 Å². The largest absolute Gasteiger partial charge is 0.383 e. The summed E-state index contributed by atoms with van der Waals surface area (Å²) in [5.41, 5.74) is 0.273. The first-order valence-electron chi connectivity index (χ1n) is 6.17. The Kier molecular flexibility index (Phi) is 3.30. The highest BCUT2D eigenvalue weighted by atomic mass is 16.3. The molecule has 16 heavy (non-hydrogen) atoms. The van der Waals surface area contributed by atoms with Crippen LogP contribution in [0.1, 0.15) is 32.4 Å². The van der Waals surface area contributed by atoms with E-state index in [0.29, 0.717) is 0 Å². The highest BCUT2D eigenvalue weighted by Crippen LogP contribution is 2.36. The van der Waals surface area contributed by atoms with Gasteiger partial charge >= 0.3 is 0 Å². The Balaban J connectivity index is 2.34. The average Bonchev–Trinajstić information content (AvgIpc) is 2.78. The second kappa shape index (κ2) is 4.55. The van der Waals surface area contributed by atoms with Crippen molar-refractivity contribution in [1.82, 2.24) is 15.1 Å². The molecule has 2 rings (SSSR count). The number of aryl methyl sites for hydroxylation is 1. The van der Waals surface area contributed by atoms with E-state index >= 15 is 0 Å². The zero-order chi connectivity index (χ0) is 11.6. The van der Waals surface area contributed by atoms with Gasteiger partial charge in [-0.25, -0.2) is 0 Å². The molecule has 0 bridgehead atoms. The lowest BCUT2D eigenvalue weighted by atomic mass is 9.77. The molecule has 1 fully saturated rings. The van der Waals surface area contributed by atoms with Crippen molar-refractivity contribution >= 4 is 0 Å². The minimum Gasteiger partial charge on any atom is -0.383 e. The molecule has 2 atom stereocenters. The van der Waals surface area contributed by atoms with E-state index in [0.717, 1.165) is 38.2 Å². The average molecular weight is 223 g/mol. The van der Waals surface area contributed by atoms with Crippen LogP contribution in [0.3, 0.4) is 0 Å². The van der Waals surface area contributed by atoms with Crippen LogP contribution in [0.15, 0.2) is 12.3 Å². The smallest absolute Gasteiger partial charge is 0.111 e. The maximum atomic E-state index is 10.9. The zero-order valence-corrected chi connectivity index (χ0v) is 10.1. The van der Waals surface area contributed by atoms with Gasteiger partial charge in [-0.15, -0.1) is 0 Å². The first-order valence-corrected chi connectivity index (χ1v) is 6.17. The van der Waals surface area contributed by atoms with Crippen LogP contribution < -0.4 is 5.32 Å². The third-order valence-electron chi connectivity index (χ3n) is 3.70. The molecule has 0 amide bonds. The van der Waals surface area contributed by atoms with Crippen molar-refractivity contribution in [2.24, 2.45) is 5.92 Å². The number of piperidine rings is 1. The van der Waals surface area contributed by atoms with Crippen molar-refractivity contribution in [3.8, 4) is 0 Å². The topological polar surface area (TPSA) is 50.1 Å². The van der Waals surface area contributed by atoms with Gasteiger partial charge in [0.25, 0.3) is 0 Å². The summed E-state index contributed by atoms with van der Waals surface area (Å²) >= 11 is 0. The summed E-state index contributed by atoms with van der Waals surface area (Å²) in [6, 6.07) is 1.96. The van der Waals surface area contributed by atoms with Crippen LogP contribution in [0.2, 0.25) is 0 Å². The highest BCUT2D eigenvalue weighted by molar-refractivity contribution is 5.15. The van der Waals surface area contributed by atoms with Gasteiger partial charge in [0.15, 0.2) is 0 Å². The Hall–Kier alpha value is -0.870. The van der Waals surface area contributed by atoms with E-state index in [4.69, 9.17) is 0 Å². The summed E-state index contributed by atoms with van der Waals surface area (Å²) in [6.07, 6.45) is 3.54. The predicted molar refractivity (Wildman–Crippen MR) is 63.1 cm³/mol. The molecule has 2 heterocycles. The Morgan fingerprint density at radius 3 is 3.12 bits per heavy atom. The molecule has 4 heteroatoms. The lowest BCUT2D eigenvalue weighted by molar-refractivity contribution is -0.0548. The van der Waals surface area contributed by atoms with Crippen molar-refractivity contribution in [3.63, 3.8) is 0 Å². The number of nitrogens with zero attached hydrogens (tertiary/aromatic N) is 2. The van der Waals surface area contributed by atoms with Crippen LogP contribution in [0, 0.1) is 5.92 Å². The fraction of sp³-hybridized carbons (Fsp3) is 0.750. The number of rotatable bonds is 3. The highest BCUT2D eigenvalue weighted by Gasteiger charge is 2.41. The van der Waals surface area contributed by atoms with E-state index in [-0.39, 0.29) is 5.92 Å². The molecule has 1 aromatic rings. The van der Waals surface area contributed by atoms with Crippen molar-refractivity contribution < 1.29 is 5.11 Å². The van der Waals surface area contributed by atoms with Crippen molar-refractivity contribution in [3.05, 3.63) is 18.0 Å². The second-order valence-corrected chi connectivity index (χ2v) is 4.52. The minimum absolute atomic E-state index is 0.281. The summed E-state index contributed by atoms with van der Waals surface area (Å²) in [5, 5.41) is 18.5. The lowest BCUT2D eigenvalue weighted by Gasteiger charge is -2.40. The minimum atomic E-state index is -0.702. The molecule has 1 aromatic heterocycles. The van der Waals surface area contributed by atoms with Gasteiger partial charge in [0.05, 0.1) is 5.69 Å². The summed E-state index contributed by atoms with van der Waals surface area (Å²) in [6.45, 7) is 6.77. The third-order valence-corrected chi connectivity index (χ3v) is 3.70. The number of hydrogen-bond acceptors (Lipinski definition) is 3. The number of aliphatic hydroxyl groups is 1. The van der Waals surface area contributed by atoms with Gasteiger partial charge in [-0.05, 0) is 32.4 Å². The standard InChI is InChI=1S/C12H21N3O/c1-3-10-9-13-8-6-12(10,16)11-5-7-14-15(11)4-2/h5,7,10,13,16H,3-4,6,8-9H2,1-2H3. The number of aromatic nitrogens is 2. The van der Waals surface area contributed by atoms with Gasteiger partial charge in [-0.1, -0.05) is 6.92 Å². The number of nitrogens with one attached hydrogen (secondary N) is 1. The normalized spacial score (nSPS) is 30.6. The maximum Gasteiger partial charge on any atom is 0.111 e. The van der Waals surface area contributed by atoms with Crippen LogP contribution in [-0.4, -0.2) is 28.0 Å². The van der Waals surface area contributed by atoms with E-state index < -0.39 is 5.60 Å². The maximum absolute atomic E-state index is 10.9. The Bertz CT molecular complexity index is 350. The van der Waals surface area contributed by atoms with Crippen LogP contribution in [0.5, 0.6) is 0 Å². The molecule has 90 valence electrons. The Morgan fingerprint density at radius 1 is 1.62 bits per heavy atom. The van der Waals surface area contributed by atoms with E-state index in [1.807, 2.05) is 10.7 Å². The zero-order valence-electron chi connectivity index (χ0n) is 10.1. The van der Waals surface area contributed by atoms with Crippen LogP contribution in [0.25, 0.3) is 0 Å². The monoisotopic (exact) mass is 223 g/mol. The molecule has 2 unspecified atom stereocenters. The molecule has 1 saturated heterocycles. The van der Waals surface area contributed by atoms with Crippen molar-refractivity contribution in [2.75, 3.05) is 13.1 Å². The summed E-state index contributed by atoms with van der Waals surface area (Å²) in [5.74, 6) is 0.281. The van der Waals surface area contributed by atoms with Gasteiger partial charge < -0.3 is 10.4 Å². The van der Waals surface area contributed by atoms with Crippen LogP contribution in [-0.2, 0) is 12.1 Å². The van der Waals surface area contributed by atoms with E-state index in [1.54, 1.807) is 6.20 Å². The van der Waals surface area contributed by atoms with Gasteiger partial charge in [-0.3, -0.25) is 4.68 Å². The van der Waals surface area contributed by atoms with Gasteiger partial charge in [0.1, 0.15) is 5.60 Å². The first-order chi connectivity index (χ1) is 7.72. The fourth-order valence-corrected chi connectivity index (χ4v) is 2.70. The molecular formula is C12H21N3O. The Morgan fingerprint density at radius 2 is 2.44 bits per heavy atom. The first kappa shape index (κ1) is 11.6. The van der Waals surface area contributed by atoms with E-state index in [2.05, 4.69) is 24.3 Å². The predicted octanol–water partition coefficient (Wildman–Crippen LogP) is 1.11. The summed E-state index contributed by atoms with van der Waals surface area (Å²) in [7, 11) is 0. The van der Waals surface area contributed by atoms with Crippen molar-refractivity contribution in [1.29, 1.82) is 0 Å². The summed E-state index contributed by atoms with van der Waals surface area (Å²) < 4.78 is 1.91. The molecule has 0 aliphatic carbocycles. The molecule has 4 nitrogen and oxygen atoms in total. The number of hydrogen-bond donors (Lipinski definition) is 2. The molecule has 0 saturated carbocycles. The molecule has 1 aliphatic rings. The van der Waals surface area contributed by atoms with Crippen LogP contribution >= 0.6 is 0 Å². The van der Waals surface area contributed by atoms with Crippen LogP contribution in [0.4, 0.5) is 0 Å². The third kappa shape index (κ3) is 1.76. The molecule has 0 aromatic carbocycles. The van der Waals surface area contributed by atoms with E-state index in [9.17, 15) is 5.11 Å². The quantitative estimate of drug-likeness (QED) is 0.807. The Labute approximate surface area is 96.7 Å². The lowest BCUT2D eigenvalue weighted by Crippen LogP contribution is -2.48. The molecule has 0 spiro atoms. The second-order valence-electron chi connectivity index (χ2n) is 4.52. The molecular weight excluding hydrogens is 202 g/mol. The molecule has 2 N–H and O–H groups in total. The fourth-order valence-electron chi connectivity index (χ4n) is 2.70. The summed E-state index contributed by atoms with van der Waals surface area (Å²) in [4.78, 5) is 0. The van der Waals surface area contributed by atoms with Gasteiger partial charge in [0.2, 0.25) is 0 Å².